The minimum atomic E-state index is 0.282. The van der Waals surface area contributed by atoms with Crippen LogP contribution in [0.2, 0.25) is 0 Å². The highest BCUT2D eigenvalue weighted by Crippen LogP contribution is 2.38. The van der Waals surface area contributed by atoms with Gasteiger partial charge in [-0.3, -0.25) is 0 Å². The number of benzene rings is 1. The second-order valence-electron chi connectivity index (χ2n) is 3.02. The van der Waals surface area contributed by atoms with Crippen LogP contribution in [0.1, 0.15) is 17.4 Å². The number of rotatable bonds is 1. The van der Waals surface area contributed by atoms with E-state index in [9.17, 15) is 5.11 Å². The molecule has 0 saturated carbocycles. The molecular weight excluding hydrogens is 194 g/mol. The maximum absolute atomic E-state index is 9.86. The van der Waals surface area contributed by atoms with Gasteiger partial charge in [-0.05, 0) is 18.6 Å². The fourth-order valence-corrected chi connectivity index (χ4v) is 2.58. The van der Waals surface area contributed by atoms with Gasteiger partial charge in [0, 0.05) is 9.58 Å². The molecule has 0 fully saturated rings. The Balaban J connectivity index is 2.87. The Morgan fingerprint density at radius 3 is 2.93 bits per heavy atom. The fraction of sp³-hybridized carbons (Fsp3) is 0.182. The summed E-state index contributed by atoms with van der Waals surface area (Å²) in [7, 11) is 0. The number of fused-ring (bicyclic) bond motifs is 1. The molecule has 0 amide bonds. The molecule has 0 saturated heterocycles. The highest BCUT2D eigenvalue weighted by atomic mass is 32.1. The number of nitriles is 1. The average Bonchev–Trinajstić information content (AvgIpc) is 2.55. The molecule has 0 radical (unpaired) electrons. The van der Waals surface area contributed by atoms with Gasteiger partial charge in [-0.25, -0.2) is 0 Å². The second-order valence-corrected chi connectivity index (χ2v) is 4.15. The number of aromatic hydroxyl groups is 1. The van der Waals surface area contributed by atoms with Crippen LogP contribution in [0.15, 0.2) is 18.2 Å². The fourth-order valence-electron chi connectivity index (χ4n) is 1.51. The molecule has 14 heavy (non-hydrogen) atoms. The second kappa shape index (κ2) is 3.32. The van der Waals surface area contributed by atoms with E-state index < -0.39 is 0 Å². The van der Waals surface area contributed by atoms with Crippen LogP contribution < -0.4 is 0 Å². The van der Waals surface area contributed by atoms with Crippen LogP contribution in [0.5, 0.6) is 5.75 Å². The van der Waals surface area contributed by atoms with Crippen LogP contribution in [0.4, 0.5) is 0 Å². The normalized spacial score (nSPS) is 10.3. The lowest BCUT2D eigenvalue weighted by atomic mass is 10.1. The van der Waals surface area contributed by atoms with E-state index in [1.54, 1.807) is 17.4 Å². The van der Waals surface area contributed by atoms with Crippen LogP contribution in [0, 0.1) is 11.3 Å². The zero-order chi connectivity index (χ0) is 10.1. The largest absolute Gasteiger partial charge is 0.506 e. The predicted molar refractivity (Wildman–Crippen MR) is 57.6 cm³/mol. The molecule has 70 valence electrons. The first-order chi connectivity index (χ1) is 6.77. The number of hydrogen-bond acceptors (Lipinski definition) is 3. The highest BCUT2D eigenvalue weighted by molar-refractivity contribution is 7.19. The summed E-state index contributed by atoms with van der Waals surface area (Å²) in [5.74, 6) is 0.282. The van der Waals surface area contributed by atoms with E-state index in [4.69, 9.17) is 5.26 Å². The van der Waals surface area contributed by atoms with E-state index in [1.807, 2.05) is 19.1 Å². The van der Waals surface area contributed by atoms with E-state index in [0.29, 0.717) is 10.9 Å². The van der Waals surface area contributed by atoms with Crippen molar-refractivity contribution in [1.29, 1.82) is 5.26 Å². The van der Waals surface area contributed by atoms with Crippen molar-refractivity contribution < 1.29 is 5.11 Å². The molecule has 3 heteroatoms. The molecule has 0 bridgehead atoms. The molecule has 0 spiro atoms. The third-order valence-corrected chi connectivity index (χ3v) is 3.49. The summed E-state index contributed by atoms with van der Waals surface area (Å²) >= 11 is 1.55. The van der Waals surface area contributed by atoms with Gasteiger partial charge in [0.15, 0.2) is 0 Å². The predicted octanol–water partition coefficient (Wildman–Crippen LogP) is 3.04. The van der Waals surface area contributed by atoms with Crippen LogP contribution in [0.25, 0.3) is 10.1 Å². The van der Waals surface area contributed by atoms with Gasteiger partial charge < -0.3 is 5.11 Å². The molecule has 2 aromatic rings. The van der Waals surface area contributed by atoms with E-state index >= 15 is 0 Å². The van der Waals surface area contributed by atoms with Crippen molar-refractivity contribution in [3.8, 4) is 11.8 Å². The molecule has 1 N–H and O–H groups in total. The molecule has 1 heterocycles. The van der Waals surface area contributed by atoms with E-state index in [2.05, 4.69) is 6.07 Å². The van der Waals surface area contributed by atoms with Gasteiger partial charge in [-0.2, -0.15) is 5.26 Å². The summed E-state index contributed by atoms with van der Waals surface area (Å²) in [6, 6.07) is 7.60. The van der Waals surface area contributed by atoms with Gasteiger partial charge in [-0.1, -0.05) is 13.0 Å². The van der Waals surface area contributed by atoms with Gasteiger partial charge >= 0.3 is 0 Å². The van der Waals surface area contributed by atoms with Gasteiger partial charge in [0.2, 0.25) is 0 Å². The molecule has 0 unspecified atom stereocenters. The first-order valence-corrected chi connectivity index (χ1v) is 5.23. The quantitative estimate of drug-likeness (QED) is 0.774. The lowest BCUT2D eigenvalue weighted by molar-refractivity contribution is 0.478. The molecule has 0 atom stereocenters. The molecule has 0 aliphatic carbocycles. The van der Waals surface area contributed by atoms with Crippen molar-refractivity contribution in [3.63, 3.8) is 0 Å². The summed E-state index contributed by atoms with van der Waals surface area (Å²) in [6.07, 6.45) is 0.802. The van der Waals surface area contributed by atoms with E-state index in [0.717, 1.165) is 16.0 Å². The SMILES string of the molecule is CCc1sc2cccc(C#N)c2c1O. The number of nitrogens with zero attached hydrogens (tertiary/aromatic N) is 1. The Morgan fingerprint density at radius 1 is 1.50 bits per heavy atom. The molecule has 0 aliphatic rings. The molecule has 0 aliphatic heterocycles. The lowest BCUT2D eigenvalue weighted by Crippen LogP contribution is -1.75. The standard InChI is InChI=1S/C11H9NOS/c1-2-8-11(13)10-7(6-12)4-3-5-9(10)14-8/h3-5,13H,2H2,1H3. The van der Waals surface area contributed by atoms with Crippen molar-refractivity contribution in [3.05, 3.63) is 28.6 Å². The van der Waals surface area contributed by atoms with Gasteiger partial charge in [0.1, 0.15) is 5.75 Å². The first kappa shape index (κ1) is 9.04. The minimum Gasteiger partial charge on any atom is -0.506 e. The maximum Gasteiger partial charge on any atom is 0.138 e. The molecule has 1 aromatic heterocycles. The molecule has 2 rings (SSSR count). The zero-order valence-electron chi connectivity index (χ0n) is 7.74. The molecule has 1 aromatic carbocycles. The topological polar surface area (TPSA) is 44.0 Å². The Morgan fingerprint density at radius 2 is 2.29 bits per heavy atom. The summed E-state index contributed by atoms with van der Waals surface area (Å²) < 4.78 is 0.985. The molecular formula is C11H9NOS. The van der Waals surface area contributed by atoms with Crippen LogP contribution in [-0.4, -0.2) is 5.11 Å². The van der Waals surface area contributed by atoms with Crippen LogP contribution in [-0.2, 0) is 6.42 Å². The van der Waals surface area contributed by atoms with Gasteiger partial charge in [0.25, 0.3) is 0 Å². The van der Waals surface area contributed by atoms with Gasteiger partial charge in [0.05, 0.1) is 17.0 Å². The van der Waals surface area contributed by atoms with Gasteiger partial charge in [-0.15, -0.1) is 11.3 Å². The number of hydrogen-bond donors (Lipinski definition) is 1. The summed E-state index contributed by atoms with van der Waals surface area (Å²) in [4.78, 5) is 0.947. The highest BCUT2D eigenvalue weighted by Gasteiger charge is 2.12. The Kier molecular flexibility index (Phi) is 2.14. The van der Waals surface area contributed by atoms with Crippen LogP contribution >= 0.6 is 11.3 Å². The Bertz CT molecular complexity index is 522. The molecule has 2 nitrogen and oxygen atoms in total. The smallest absolute Gasteiger partial charge is 0.138 e. The summed E-state index contributed by atoms with van der Waals surface area (Å²) in [5, 5.41) is 19.5. The number of aryl methyl sites for hydroxylation is 1. The summed E-state index contributed by atoms with van der Waals surface area (Å²) in [6.45, 7) is 2.00. The van der Waals surface area contributed by atoms with Crippen molar-refractivity contribution in [2.75, 3.05) is 0 Å². The third-order valence-electron chi connectivity index (χ3n) is 2.20. The summed E-state index contributed by atoms with van der Waals surface area (Å²) in [5.41, 5.74) is 0.552. The minimum absolute atomic E-state index is 0.282. The average molecular weight is 203 g/mol. The first-order valence-electron chi connectivity index (χ1n) is 4.41. The third kappa shape index (κ3) is 1.16. The maximum atomic E-state index is 9.86. The van der Waals surface area contributed by atoms with Crippen molar-refractivity contribution in [2.45, 2.75) is 13.3 Å². The lowest BCUT2D eigenvalue weighted by Gasteiger charge is -1.94. The van der Waals surface area contributed by atoms with Crippen molar-refractivity contribution in [2.24, 2.45) is 0 Å². The Labute approximate surface area is 86.0 Å². The van der Waals surface area contributed by atoms with E-state index in [-0.39, 0.29) is 5.75 Å². The number of thiophene rings is 1. The monoisotopic (exact) mass is 203 g/mol. The van der Waals surface area contributed by atoms with Crippen LogP contribution in [0.3, 0.4) is 0 Å². The van der Waals surface area contributed by atoms with Crippen molar-refractivity contribution >= 4 is 21.4 Å². The zero-order valence-corrected chi connectivity index (χ0v) is 8.56. The Hall–Kier alpha value is -1.53. The van der Waals surface area contributed by atoms with Crippen molar-refractivity contribution in [1.82, 2.24) is 0 Å². The van der Waals surface area contributed by atoms with E-state index in [1.165, 1.54) is 0 Å².